The highest BCUT2D eigenvalue weighted by atomic mass is 16.6. The lowest BCUT2D eigenvalue weighted by atomic mass is 9.76. The van der Waals surface area contributed by atoms with E-state index in [-0.39, 0.29) is 29.9 Å². The van der Waals surface area contributed by atoms with E-state index in [2.05, 4.69) is 9.97 Å². The second-order valence-electron chi connectivity index (χ2n) is 8.92. The third-order valence-electron chi connectivity index (χ3n) is 5.70. The first-order valence-electron chi connectivity index (χ1n) is 10.1. The minimum Gasteiger partial charge on any atom is -0.444 e. The normalized spacial score (nSPS) is 24.8. The summed E-state index contributed by atoms with van der Waals surface area (Å²) in [7, 11) is 0. The number of hydrogen-bond donors (Lipinski definition) is 0. The molecule has 2 aliphatic rings. The van der Waals surface area contributed by atoms with E-state index in [1.807, 2.05) is 43.9 Å². The Morgan fingerprint density at radius 3 is 2.32 bits per heavy atom. The smallest absolute Gasteiger partial charge is 0.410 e. The number of amides is 1. The number of carbonyl (C=O) groups is 2. The maximum atomic E-state index is 13.2. The van der Waals surface area contributed by atoms with E-state index in [1.54, 1.807) is 12.4 Å². The molecule has 2 unspecified atom stereocenters. The molecule has 1 amide bonds. The fraction of sp³-hybridized carbons (Fsp3) is 0.545. The molecule has 0 aliphatic carbocycles. The van der Waals surface area contributed by atoms with Gasteiger partial charge in [-0.3, -0.25) is 14.8 Å². The Hall–Kier alpha value is -2.50. The highest BCUT2D eigenvalue weighted by Gasteiger charge is 2.44. The number of carbonyl (C=O) groups excluding carboxylic acids is 2. The maximum Gasteiger partial charge on any atom is 0.410 e. The van der Waals surface area contributed by atoms with Gasteiger partial charge in [0.05, 0.1) is 11.0 Å². The van der Waals surface area contributed by atoms with Crippen LogP contribution in [0, 0.1) is 5.92 Å². The van der Waals surface area contributed by atoms with E-state index in [0.717, 1.165) is 30.3 Å². The molecule has 0 N–H and O–H groups in total. The second kappa shape index (κ2) is 7.15. The molecule has 0 saturated carbocycles. The molecule has 4 rings (SSSR count). The monoisotopic (exact) mass is 381 g/mol. The van der Waals surface area contributed by atoms with Crippen molar-refractivity contribution in [1.29, 1.82) is 0 Å². The van der Waals surface area contributed by atoms with Gasteiger partial charge in [-0.2, -0.15) is 0 Å². The van der Waals surface area contributed by atoms with Crippen LogP contribution < -0.4 is 0 Å². The van der Waals surface area contributed by atoms with Gasteiger partial charge < -0.3 is 9.64 Å². The lowest BCUT2D eigenvalue weighted by Gasteiger charge is -2.48. The molecular formula is C22H27N3O3. The predicted octanol–water partition coefficient (Wildman–Crippen LogP) is 4.38. The van der Waals surface area contributed by atoms with Gasteiger partial charge in [0.25, 0.3) is 0 Å². The molecule has 2 aliphatic heterocycles. The molecule has 2 fully saturated rings. The second-order valence-corrected chi connectivity index (χ2v) is 8.92. The van der Waals surface area contributed by atoms with Gasteiger partial charge >= 0.3 is 6.09 Å². The van der Waals surface area contributed by atoms with E-state index < -0.39 is 5.60 Å². The van der Waals surface area contributed by atoms with E-state index in [4.69, 9.17) is 4.74 Å². The zero-order chi connectivity index (χ0) is 19.9. The average molecular weight is 381 g/mol. The zero-order valence-electron chi connectivity index (χ0n) is 16.7. The summed E-state index contributed by atoms with van der Waals surface area (Å²) in [5, 5.41) is 0. The first kappa shape index (κ1) is 18.8. The van der Waals surface area contributed by atoms with Gasteiger partial charge in [0, 0.05) is 36.0 Å². The van der Waals surface area contributed by atoms with Crippen LogP contribution in [-0.4, -0.2) is 44.4 Å². The van der Waals surface area contributed by atoms with Crippen LogP contribution in [0.3, 0.4) is 0 Å². The number of benzene rings is 1. The number of fused-ring (bicyclic) bond motifs is 3. The lowest BCUT2D eigenvalue weighted by Crippen LogP contribution is -2.56. The molecule has 0 spiro atoms. The molecule has 6 nitrogen and oxygen atoms in total. The first-order valence-corrected chi connectivity index (χ1v) is 10.1. The topological polar surface area (TPSA) is 72.4 Å². The van der Waals surface area contributed by atoms with Crippen LogP contribution in [0.4, 0.5) is 4.79 Å². The van der Waals surface area contributed by atoms with Crippen LogP contribution in [0.25, 0.3) is 11.0 Å². The minimum absolute atomic E-state index is 0.0666. The summed E-state index contributed by atoms with van der Waals surface area (Å²) in [4.78, 5) is 36.4. The Bertz CT molecular complexity index is 891. The highest BCUT2D eigenvalue weighted by molar-refractivity contribution is 6.00. The fourth-order valence-corrected chi connectivity index (χ4v) is 4.56. The molecule has 0 radical (unpaired) electrons. The van der Waals surface area contributed by atoms with Crippen LogP contribution in [0.2, 0.25) is 0 Å². The Balaban J connectivity index is 1.53. The van der Waals surface area contributed by atoms with Crippen molar-refractivity contribution in [1.82, 2.24) is 14.9 Å². The Kier molecular flexibility index (Phi) is 4.81. The van der Waals surface area contributed by atoms with E-state index in [0.29, 0.717) is 18.4 Å². The van der Waals surface area contributed by atoms with Crippen LogP contribution in [-0.2, 0) is 4.74 Å². The lowest BCUT2D eigenvalue weighted by molar-refractivity contribution is -0.0260. The number of aromatic nitrogens is 2. The van der Waals surface area contributed by atoms with Crippen LogP contribution in [0.15, 0.2) is 30.6 Å². The van der Waals surface area contributed by atoms with Gasteiger partial charge in [-0.15, -0.1) is 0 Å². The van der Waals surface area contributed by atoms with Crippen molar-refractivity contribution in [2.75, 3.05) is 0 Å². The van der Waals surface area contributed by atoms with Crippen LogP contribution >= 0.6 is 0 Å². The van der Waals surface area contributed by atoms with Gasteiger partial charge in [-0.25, -0.2) is 4.79 Å². The van der Waals surface area contributed by atoms with Crippen molar-refractivity contribution < 1.29 is 14.3 Å². The van der Waals surface area contributed by atoms with Gasteiger partial charge in [0.2, 0.25) is 0 Å². The number of hydrogen-bond acceptors (Lipinski definition) is 5. The van der Waals surface area contributed by atoms with Crippen molar-refractivity contribution >= 4 is 22.9 Å². The number of rotatable bonds is 2. The third-order valence-corrected chi connectivity index (χ3v) is 5.70. The summed E-state index contributed by atoms with van der Waals surface area (Å²) in [6, 6.07) is 5.69. The van der Waals surface area contributed by atoms with Gasteiger partial charge in [0.15, 0.2) is 5.78 Å². The van der Waals surface area contributed by atoms with Crippen LogP contribution in [0.1, 0.15) is 63.2 Å². The number of piperidine rings is 2. The summed E-state index contributed by atoms with van der Waals surface area (Å²) in [6.07, 6.45) is 7.42. The Morgan fingerprint density at radius 2 is 1.68 bits per heavy atom. The Labute approximate surface area is 165 Å². The number of Topliss-reactive ketones (excluding diaryl/α,β-unsaturated/α-hetero) is 1. The van der Waals surface area contributed by atoms with Gasteiger partial charge in [0.1, 0.15) is 5.60 Å². The molecule has 2 saturated heterocycles. The van der Waals surface area contributed by atoms with Crippen molar-refractivity contribution in [3.8, 4) is 0 Å². The molecule has 1 aromatic carbocycles. The van der Waals surface area contributed by atoms with Crippen molar-refractivity contribution in [3.63, 3.8) is 0 Å². The number of nitrogens with zero attached hydrogens (tertiary/aromatic N) is 3. The molecule has 28 heavy (non-hydrogen) atoms. The molecule has 2 bridgehead atoms. The van der Waals surface area contributed by atoms with Gasteiger partial charge in [-0.1, -0.05) is 0 Å². The average Bonchev–Trinajstić information content (AvgIpc) is 2.64. The van der Waals surface area contributed by atoms with E-state index >= 15 is 0 Å². The quantitative estimate of drug-likeness (QED) is 0.722. The molecular weight excluding hydrogens is 354 g/mol. The molecule has 148 valence electrons. The molecule has 1 aromatic heterocycles. The first-order chi connectivity index (χ1) is 13.3. The summed E-state index contributed by atoms with van der Waals surface area (Å²) >= 11 is 0. The highest BCUT2D eigenvalue weighted by Crippen LogP contribution is 2.39. The summed E-state index contributed by atoms with van der Waals surface area (Å²) in [5.74, 6) is 0.0800. The summed E-state index contributed by atoms with van der Waals surface area (Å²) in [5.41, 5.74) is 1.70. The fourth-order valence-electron chi connectivity index (χ4n) is 4.56. The standard InChI is InChI=1S/C22H27N3O3/c1-22(2,3)28-21(27)25-16-5-4-6-17(25)12-15(11-16)20(26)14-7-8-18-19(13-14)24-10-9-23-18/h7-10,13,15-17H,4-6,11-12H2,1-3H3. The molecule has 3 heterocycles. The summed E-state index contributed by atoms with van der Waals surface area (Å²) in [6.45, 7) is 5.67. The van der Waals surface area contributed by atoms with Crippen molar-refractivity contribution in [3.05, 3.63) is 36.2 Å². The van der Waals surface area contributed by atoms with Gasteiger partial charge in [-0.05, 0) is 71.1 Å². The zero-order valence-corrected chi connectivity index (χ0v) is 16.7. The SMILES string of the molecule is CC(C)(C)OC(=O)N1C2CCCC1CC(C(=O)c1ccc3nccnc3c1)C2. The number of ether oxygens (including phenoxy) is 1. The predicted molar refractivity (Wildman–Crippen MR) is 106 cm³/mol. The molecule has 2 aromatic rings. The van der Waals surface area contributed by atoms with E-state index in [1.165, 1.54) is 0 Å². The largest absolute Gasteiger partial charge is 0.444 e. The third kappa shape index (κ3) is 3.73. The van der Waals surface area contributed by atoms with Crippen molar-refractivity contribution in [2.45, 2.75) is 70.6 Å². The summed E-state index contributed by atoms with van der Waals surface area (Å²) < 4.78 is 5.63. The number of ketones is 1. The van der Waals surface area contributed by atoms with E-state index in [9.17, 15) is 9.59 Å². The minimum atomic E-state index is -0.510. The van der Waals surface area contributed by atoms with Crippen molar-refractivity contribution in [2.24, 2.45) is 5.92 Å². The Morgan fingerprint density at radius 1 is 1.04 bits per heavy atom. The van der Waals surface area contributed by atoms with Crippen LogP contribution in [0.5, 0.6) is 0 Å². The molecule has 6 heteroatoms. The maximum absolute atomic E-state index is 13.2. The molecule has 2 atom stereocenters.